The fourth-order valence-electron chi connectivity index (χ4n) is 0.663. The van der Waals surface area contributed by atoms with E-state index >= 15 is 0 Å². The number of hydrogen-bond donors (Lipinski definition) is 0. The fraction of sp³-hybridized carbons (Fsp3) is 0.333. The summed E-state index contributed by atoms with van der Waals surface area (Å²) in [6.07, 6.45) is 4.29. The molecular weight excluding hydrogens is 100 g/mol. The molecule has 0 atom stereocenters. The lowest BCUT2D eigenvalue weighted by molar-refractivity contribution is 1.89. The quantitative estimate of drug-likeness (QED) is 0.418. The van der Waals surface area contributed by atoms with Crippen LogP contribution in [0.25, 0.3) is 0 Å². The summed E-state index contributed by atoms with van der Waals surface area (Å²) < 4.78 is 0. The molecule has 0 aromatic heterocycles. The fourth-order valence-corrected chi connectivity index (χ4v) is 1.99. The molecule has 38 valence electrons. The second-order valence-electron chi connectivity index (χ2n) is 2.54. The van der Waals surface area contributed by atoms with Crippen LogP contribution in [0.4, 0.5) is 0 Å². The van der Waals surface area contributed by atoms with Crippen molar-refractivity contribution in [1.29, 1.82) is 0 Å². The predicted molar refractivity (Wildman–Crippen MR) is 35.8 cm³/mol. The van der Waals surface area contributed by atoms with E-state index in [0.29, 0.717) is 0 Å². The minimum Gasteiger partial charge on any atom is -0.0908 e. The summed E-state index contributed by atoms with van der Waals surface area (Å²) >= 11 is 0. The van der Waals surface area contributed by atoms with Gasteiger partial charge in [0.15, 0.2) is 0 Å². The predicted octanol–water partition coefficient (Wildman–Crippen LogP) is 1.90. The summed E-state index contributed by atoms with van der Waals surface area (Å²) in [5, 5.41) is 0. The van der Waals surface area contributed by atoms with E-state index in [2.05, 4.69) is 36.6 Å². The van der Waals surface area contributed by atoms with Crippen molar-refractivity contribution >= 4 is 8.07 Å². The summed E-state index contributed by atoms with van der Waals surface area (Å²) in [6, 6.07) is 0. The van der Waals surface area contributed by atoms with E-state index in [-0.39, 0.29) is 0 Å². The van der Waals surface area contributed by atoms with E-state index in [1.807, 2.05) is 0 Å². The zero-order chi connectivity index (χ0) is 5.33. The molecule has 0 unspecified atom stereocenters. The SMILES string of the molecule is C[Si]1(C)C=CC=C1. The molecule has 0 N–H and O–H groups in total. The summed E-state index contributed by atoms with van der Waals surface area (Å²) in [4.78, 5) is 0. The lowest BCUT2D eigenvalue weighted by Crippen LogP contribution is -2.15. The summed E-state index contributed by atoms with van der Waals surface area (Å²) in [5.74, 6) is 0. The van der Waals surface area contributed by atoms with Crippen LogP contribution >= 0.6 is 0 Å². The van der Waals surface area contributed by atoms with E-state index in [4.69, 9.17) is 0 Å². The molecule has 0 aromatic rings. The number of allylic oxidation sites excluding steroid dienone is 2. The molecule has 1 heterocycles. The summed E-state index contributed by atoms with van der Waals surface area (Å²) in [5.41, 5.74) is 4.65. The van der Waals surface area contributed by atoms with Crippen LogP contribution in [-0.4, -0.2) is 8.07 Å². The average molecular weight is 110 g/mol. The summed E-state index contributed by atoms with van der Waals surface area (Å²) in [7, 11) is -0.901. The molecule has 1 aliphatic heterocycles. The van der Waals surface area contributed by atoms with Gasteiger partial charge in [0.2, 0.25) is 0 Å². The molecule has 0 amide bonds. The van der Waals surface area contributed by atoms with Crippen molar-refractivity contribution in [2.24, 2.45) is 0 Å². The molecule has 1 aliphatic rings. The highest BCUT2D eigenvalue weighted by Gasteiger charge is 2.13. The highest BCUT2D eigenvalue weighted by Crippen LogP contribution is 2.10. The molecule has 1 rings (SSSR count). The van der Waals surface area contributed by atoms with Gasteiger partial charge in [0.1, 0.15) is 0 Å². The average Bonchev–Trinajstić information content (AvgIpc) is 1.84. The molecule has 0 saturated carbocycles. The van der Waals surface area contributed by atoms with Gasteiger partial charge in [0.05, 0.1) is 8.07 Å². The van der Waals surface area contributed by atoms with Crippen molar-refractivity contribution in [3.63, 3.8) is 0 Å². The second-order valence-corrected chi connectivity index (χ2v) is 6.85. The van der Waals surface area contributed by atoms with Gasteiger partial charge in [-0.3, -0.25) is 0 Å². The maximum Gasteiger partial charge on any atom is 0.0954 e. The van der Waals surface area contributed by atoms with Gasteiger partial charge in [-0.1, -0.05) is 36.6 Å². The molecule has 1 heteroatoms. The van der Waals surface area contributed by atoms with E-state index in [1.54, 1.807) is 0 Å². The first-order chi connectivity index (χ1) is 3.21. The van der Waals surface area contributed by atoms with Gasteiger partial charge in [-0.15, -0.1) is 0 Å². The molecule has 0 spiro atoms. The van der Waals surface area contributed by atoms with Crippen molar-refractivity contribution < 1.29 is 0 Å². The van der Waals surface area contributed by atoms with Crippen molar-refractivity contribution in [3.05, 3.63) is 23.6 Å². The van der Waals surface area contributed by atoms with Crippen LogP contribution in [0.1, 0.15) is 0 Å². The molecular formula is C6H10Si. The molecule has 0 fully saturated rings. The van der Waals surface area contributed by atoms with Crippen LogP contribution in [0.15, 0.2) is 23.6 Å². The van der Waals surface area contributed by atoms with E-state index in [9.17, 15) is 0 Å². The molecule has 0 aromatic carbocycles. The van der Waals surface area contributed by atoms with E-state index in [1.165, 1.54) is 0 Å². The van der Waals surface area contributed by atoms with Crippen LogP contribution in [0.2, 0.25) is 13.1 Å². The van der Waals surface area contributed by atoms with Crippen LogP contribution in [-0.2, 0) is 0 Å². The topological polar surface area (TPSA) is 0 Å². The third kappa shape index (κ3) is 1.03. The number of rotatable bonds is 0. The highest BCUT2D eigenvalue weighted by molar-refractivity contribution is 6.87. The Labute approximate surface area is 45.6 Å². The van der Waals surface area contributed by atoms with Gasteiger partial charge in [-0.05, 0) is 0 Å². The molecule has 0 bridgehead atoms. The first-order valence-electron chi connectivity index (χ1n) is 2.58. The molecule has 0 saturated heterocycles. The Kier molecular flexibility index (Phi) is 0.925. The van der Waals surface area contributed by atoms with Gasteiger partial charge in [0.25, 0.3) is 0 Å². The molecule has 7 heavy (non-hydrogen) atoms. The number of hydrogen-bond acceptors (Lipinski definition) is 0. The zero-order valence-corrected chi connectivity index (χ0v) is 5.81. The zero-order valence-electron chi connectivity index (χ0n) is 4.81. The largest absolute Gasteiger partial charge is 0.0954 e. The minimum absolute atomic E-state index is 0.901. The van der Waals surface area contributed by atoms with Crippen molar-refractivity contribution in [3.8, 4) is 0 Å². The van der Waals surface area contributed by atoms with Crippen molar-refractivity contribution in [1.82, 2.24) is 0 Å². The standard InChI is InChI=1S/C6H10Si/c1-7(2)5-3-4-6-7/h3-6H,1-2H3. The van der Waals surface area contributed by atoms with Gasteiger partial charge >= 0.3 is 0 Å². The van der Waals surface area contributed by atoms with Gasteiger partial charge in [0, 0.05) is 0 Å². The molecule has 0 aliphatic carbocycles. The van der Waals surface area contributed by atoms with Gasteiger partial charge in [-0.25, -0.2) is 0 Å². The van der Waals surface area contributed by atoms with E-state index in [0.717, 1.165) is 0 Å². The van der Waals surface area contributed by atoms with Crippen molar-refractivity contribution in [2.45, 2.75) is 13.1 Å². The van der Waals surface area contributed by atoms with Crippen LogP contribution in [0.5, 0.6) is 0 Å². The lowest BCUT2D eigenvalue weighted by atomic mass is 10.6. The third-order valence-electron chi connectivity index (χ3n) is 1.16. The lowest BCUT2D eigenvalue weighted by Gasteiger charge is -2.04. The summed E-state index contributed by atoms with van der Waals surface area (Å²) in [6.45, 7) is 4.65. The Morgan fingerprint density at radius 3 is 1.57 bits per heavy atom. The monoisotopic (exact) mass is 110 g/mol. The van der Waals surface area contributed by atoms with Crippen LogP contribution in [0, 0.1) is 0 Å². The Morgan fingerprint density at radius 2 is 1.43 bits per heavy atom. The third-order valence-corrected chi connectivity index (χ3v) is 3.27. The normalized spacial score (nSPS) is 23.7. The van der Waals surface area contributed by atoms with E-state index < -0.39 is 8.07 Å². The van der Waals surface area contributed by atoms with Crippen molar-refractivity contribution in [2.75, 3.05) is 0 Å². The maximum atomic E-state index is 2.33. The van der Waals surface area contributed by atoms with Gasteiger partial charge < -0.3 is 0 Å². The Morgan fingerprint density at radius 1 is 1.00 bits per heavy atom. The first-order valence-corrected chi connectivity index (χ1v) is 5.73. The Balaban J connectivity index is 2.77. The smallest absolute Gasteiger partial charge is 0.0908 e. The highest BCUT2D eigenvalue weighted by atomic mass is 28.3. The first kappa shape index (κ1) is 4.85. The molecule has 0 nitrogen and oxygen atoms in total. The van der Waals surface area contributed by atoms with Crippen LogP contribution < -0.4 is 0 Å². The minimum atomic E-state index is -0.901. The van der Waals surface area contributed by atoms with Crippen LogP contribution in [0.3, 0.4) is 0 Å². The second kappa shape index (κ2) is 1.34. The Bertz CT molecular complexity index is 106. The van der Waals surface area contributed by atoms with Gasteiger partial charge in [-0.2, -0.15) is 0 Å². The Hall–Kier alpha value is -0.303. The maximum absolute atomic E-state index is 2.33. The molecule has 0 radical (unpaired) electrons.